The van der Waals surface area contributed by atoms with Gasteiger partial charge in [-0.25, -0.2) is 0 Å². The molecule has 4 aromatic rings. The predicted octanol–water partition coefficient (Wildman–Crippen LogP) is 6.92. The summed E-state index contributed by atoms with van der Waals surface area (Å²) in [6.07, 6.45) is -1.98. The molecule has 0 amide bonds. The smallest absolute Gasteiger partial charge is 0.160 e. The van der Waals surface area contributed by atoms with Crippen LogP contribution < -0.4 is 0 Å². The SMILES string of the molecule is ClC1O[C@H](COCc2ccccc2)[C@@H](OCc2ccccc2)[C@H](OCc2ccccc2)[C@H]1OCc1ccccc1. The molecule has 4 aromatic carbocycles. The highest BCUT2D eigenvalue weighted by Crippen LogP contribution is 2.32. The largest absolute Gasteiger partial charge is 0.374 e. The Balaban J connectivity index is 1.36. The maximum Gasteiger partial charge on any atom is 0.160 e. The number of hydrogen-bond donors (Lipinski definition) is 0. The Morgan fingerprint density at radius 2 is 0.850 bits per heavy atom. The van der Waals surface area contributed by atoms with Crippen molar-refractivity contribution in [2.45, 2.75) is 56.4 Å². The van der Waals surface area contributed by atoms with Crippen LogP contribution in [0.15, 0.2) is 121 Å². The Bertz CT molecular complexity index is 1240. The number of ether oxygens (including phenoxy) is 5. The van der Waals surface area contributed by atoms with Crippen LogP contribution in [0.5, 0.6) is 0 Å². The third-order valence-electron chi connectivity index (χ3n) is 6.83. The van der Waals surface area contributed by atoms with E-state index in [1.54, 1.807) is 0 Å². The average Bonchev–Trinajstić information content (AvgIpc) is 3.01. The highest BCUT2D eigenvalue weighted by Gasteiger charge is 2.47. The Morgan fingerprint density at radius 3 is 1.30 bits per heavy atom. The predicted molar refractivity (Wildman–Crippen MR) is 156 cm³/mol. The van der Waals surface area contributed by atoms with Crippen molar-refractivity contribution in [2.75, 3.05) is 6.61 Å². The summed E-state index contributed by atoms with van der Waals surface area (Å²) in [5.74, 6) is 0. The van der Waals surface area contributed by atoms with Gasteiger partial charge in [0.25, 0.3) is 0 Å². The molecule has 5 atom stereocenters. The van der Waals surface area contributed by atoms with Crippen molar-refractivity contribution in [1.82, 2.24) is 0 Å². The molecule has 1 saturated heterocycles. The first-order chi connectivity index (χ1) is 19.8. The molecule has 0 aliphatic carbocycles. The number of benzene rings is 4. The van der Waals surface area contributed by atoms with E-state index >= 15 is 0 Å². The quantitative estimate of drug-likeness (QED) is 0.167. The van der Waals surface area contributed by atoms with E-state index in [4.69, 9.17) is 35.3 Å². The van der Waals surface area contributed by atoms with Crippen molar-refractivity contribution >= 4 is 11.6 Å². The third-order valence-corrected chi connectivity index (χ3v) is 7.18. The van der Waals surface area contributed by atoms with Crippen molar-refractivity contribution in [3.05, 3.63) is 144 Å². The molecule has 0 N–H and O–H groups in total. The fraction of sp³-hybridized carbons (Fsp3) is 0.294. The lowest BCUT2D eigenvalue weighted by atomic mass is 9.99. The minimum absolute atomic E-state index is 0.300. The minimum Gasteiger partial charge on any atom is -0.374 e. The summed E-state index contributed by atoms with van der Waals surface area (Å²) in [5.41, 5.74) is 3.50. The highest BCUT2D eigenvalue weighted by molar-refractivity contribution is 6.20. The summed E-state index contributed by atoms with van der Waals surface area (Å²) in [4.78, 5) is 0. The summed E-state index contributed by atoms with van der Waals surface area (Å²) in [7, 11) is 0. The van der Waals surface area contributed by atoms with Crippen molar-refractivity contribution in [2.24, 2.45) is 0 Å². The fourth-order valence-corrected chi connectivity index (χ4v) is 5.08. The standard InChI is InChI=1S/C34H35ClO5/c35-34-33(39-24-29-19-11-4-12-20-29)32(38-23-28-17-9-3-10-18-28)31(37-22-27-15-7-2-8-16-27)30(40-34)25-36-21-26-13-5-1-6-14-26/h1-20,30-34H,21-25H2/t30-,31-,32+,33-,34?/m1/s1. The Labute approximate surface area is 241 Å². The van der Waals surface area contributed by atoms with Crippen LogP contribution >= 0.6 is 11.6 Å². The van der Waals surface area contributed by atoms with Gasteiger partial charge in [0.15, 0.2) is 5.56 Å². The monoisotopic (exact) mass is 558 g/mol. The van der Waals surface area contributed by atoms with E-state index in [2.05, 4.69) is 0 Å². The lowest BCUT2D eigenvalue weighted by molar-refractivity contribution is -0.256. The molecule has 0 bridgehead atoms. The first-order valence-corrected chi connectivity index (χ1v) is 14.1. The molecular weight excluding hydrogens is 524 g/mol. The maximum absolute atomic E-state index is 6.86. The molecule has 1 fully saturated rings. The van der Waals surface area contributed by atoms with E-state index in [1.165, 1.54) is 0 Å². The first kappa shape index (κ1) is 28.5. The van der Waals surface area contributed by atoms with Gasteiger partial charge in [-0.2, -0.15) is 0 Å². The van der Waals surface area contributed by atoms with Crippen LogP contribution in [0.4, 0.5) is 0 Å². The van der Waals surface area contributed by atoms with E-state index in [9.17, 15) is 0 Å². The fourth-order valence-electron chi connectivity index (χ4n) is 4.73. The minimum atomic E-state index is -0.744. The number of rotatable bonds is 13. The summed E-state index contributed by atoms with van der Waals surface area (Å²) >= 11 is 6.86. The van der Waals surface area contributed by atoms with E-state index in [0.717, 1.165) is 22.3 Å². The summed E-state index contributed by atoms with van der Waals surface area (Å²) in [6, 6.07) is 40.2. The number of hydrogen-bond acceptors (Lipinski definition) is 5. The van der Waals surface area contributed by atoms with Gasteiger partial charge in [-0.15, -0.1) is 0 Å². The van der Waals surface area contributed by atoms with Crippen molar-refractivity contribution in [3.8, 4) is 0 Å². The molecule has 5 nitrogen and oxygen atoms in total. The molecule has 1 heterocycles. The van der Waals surface area contributed by atoms with E-state index in [1.807, 2.05) is 121 Å². The normalized spacial score (nSPS) is 22.7. The van der Waals surface area contributed by atoms with Crippen LogP contribution in [-0.2, 0) is 50.1 Å². The average molecular weight is 559 g/mol. The van der Waals surface area contributed by atoms with Crippen LogP contribution in [0.1, 0.15) is 22.3 Å². The van der Waals surface area contributed by atoms with Crippen LogP contribution in [0.25, 0.3) is 0 Å². The van der Waals surface area contributed by atoms with Gasteiger partial charge in [-0.05, 0) is 22.3 Å². The van der Waals surface area contributed by atoms with E-state index < -0.39 is 30.0 Å². The second-order valence-corrected chi connectivity index (χ2v) is 10.2. The van der Waals surface area contributed by atoms with Crippen molar-refractivity contribution in [3.63, 3.8) is 0 Å². The van der Waals surface area contributed by atoms with Gasteiger partial charge in [0.2, 0.25) is 0 Å². The molecular formula is C34H35ClO5. The number of halogens is 1. The van der Waals surface area contributed by atoms with Crippen LogP contribution in [0.3, 0.4) is 0 Å². The first-order valence-electron chi connectivity index (χ1n) is 13.6. The Kier molecular flexibility index (Phi) is 10.8. The van der Waals surface area contributed by atoms with Crippen LogP contribution in [0.2, 0.25) is 0 Å². The molecule has 40 heavy (non-hydrogen) atoms. The van der Waals surface area contributed by atoms with Gasteiger partial charge in [0, 0.05) is 0 Å². The lowest BCUT2D eigenvalue weighted by Gasteiger charge is -2.44. The molecule has 5 rings (SSSR count). The zero-order chi connectivity index (χ0) is 27.4. The second-order valence-electron chi connectivity index (χ2n) is 9.81. The molecule has 1 aliphatic heterocycles. The van der Waals surface area contributed by atoms with Crippen LogP contribution in [-0.4, -0.2) is 36.6 Å². The van der Waals surface area contributed by atoms with Gasteiger partial charge in [-0.1, -0.05) is 133 Å². The summed E-state index contributed by atoms with van der Waals surface area (Å²) in [5, 5.41) is 0. The van der Waals surface area contributed by atoms with E-state index in [0.29, 0.717) is 33.0 Å². The number of alkyl halides is 1. The van der Waals surface area contributed by atoms with E-state index in [-0.39, 0.29) is 0 Å². The highest BCUT2D eigenvalue weighted by atomic mass is 35.5. The molecule has 0 saturated carbocycles. The third kappa shape index (κ3) is 8.24. The van der Waals surface area contributed by atoms with Crippen LogP contribution in [0, 0.1) is 0 Å². The Morgan fingerprint density at radius 1 is 0.475 bits per heavy atom. The zero-order valence-corrected chi connectivity index (χ0v) is 23.1. The summed E-state index contributed by atoms with van der Waals surface area (Å²) in [6.45, 7) is 1.93. The van der Waals surface area contributed by atoms with Gasteiger partial charge in [-0.3, -0.25) is 0 Å². The van der Waals surface area contributed by atoms with Crippen molar-refractivity contribution in [1.29, 1.82) is 0 Å². The molecule has 0 aromatic heterocycles. The maximum atomic E-state index is 6.86. The molecule has 1 unspecified atom stereocenters. The van der Waals surface area contributed by atoms with Gasteiger partial charge in [0.05, 0.1) is 33.0 Å². The summed E-state index contributed by atoms with van der Waals surface area (Å²) < 4.78 is 31.9. The van der Waals surface area contributed by atoms with Gasteiger partial charge in [0.1, 0.15) is 24.4 Å². The molecule has 208 valence electrons. The second kappa shape index (κ2) is 15.1. The molecule has 0 radical (unpaired) electrons. The molecule has 0 spiro atoms. The topological polar surface area (TPSA) is 46.2 Å². The van der Waals surface area contributed by atoms with Gasteiger partial charge < -0.3 is 23.7 Å². The lowest BCUT2D eigenvalue weighted by Crippen LogP contribution is -2.59. The zero-order valence-electron chi connectivity index (χ0n) is 22.4. The molecule has 6 heteroatoms. The van der Waals surface area contributed by atoms with Gasteiger partial charge >= 0.3 is 0 Å². The van der Waals surface area contributed by atoms with Crippen molar-refractivity contribution < 1.29 is 23.7 Å². The molecule has 1 aliphatic rings. The Hall–Kier alpha value is -3.03.